The van der Waals surface area contributed by atoms with Crippen molar-refractivity contribution in [2.75, 3.05) is 49.6 Å². The molecule has 2 fully saturated rings. The number of benzene rings is 2. The highest BCUT2D eigenvalue weighted by Gasteiger charge is 2.47. The van der Waals surface area contributed by atoms with Gasteiger partial charge < -0.3 is 19.6 Å². The maximum Gasteiger partial charge on any atom is 0.300 e. The molecule has 2 aliphatic heterocycles. The van der Waals surface area contributed by atoms with E-state index in [-0.39, 0.29) is 11.3 Å². The number of Topliss-reactive ketones (excluding diaryl/α,β-unsaturated/α-hetero) is 1. The van der Waals surface area contributed by atoms with Crippen molar-refractivity contribution in [2.45, 2.75) is 19.9 Å². The Morgan fingerprint density at radius 1 is 1.03 bits per heavy atom. The molecular formula is C29H31N3O4S. The van der Waals surface area contributed by atoms with E-state index in [2.05, 4.69) is 16.8 Å². The molecule has 0 spiro atoms. The number of likely N-dealkylation sites (N-methyl/N-ethyl adjacent to an activating group) is 1. The Hall–Kier alpha value is -3.62. The van der Waals surface area contributed by atoms with Gasteiger partial charge in [-0.1, -0.05) is 6.07 Å². The summed E-state index contributed by atoms with van der Waals surface area (Å²) in [5.74, 6) is -0.797. The van der Waals surface area contributed by atoms with Crippen LogP contribution in [0.15, 0.2) is 65.6 Å². The molecule has 192 valence electrons. The van der Waals surface area contributed by atoms with Crippen molar-refractivity contribution in [1.29, 1.82) is 0 Å². The lowest BCUT2D eigenvalue weighted by Gasteiger charge is -2.34. The second kappa shape index (κ2) is 10.4. The van der Waals surface area contributed by atoms with Gasteiger partial charge >= 0.3 is 0 Å². The molecule has 7 nitrogen and oxygen atoms in total. The molecule has 1 N–H and O–H groups in total. The Bertz CT molecular complexity index is 1330. The summed E-state index contributed by atoms with van der Waals surface area (Å²) in [5.41, 5.74) is 3.13. The SMILES string of the molecule is CCOc1ccc(/C(O)=C2/C(=O)C(=O)N(c3ccc(N4CCN(C)CC4)cc3)C2c2cccs2)cc1C. The van der Waals surface area contributed by atoms with Crippen LogP contribution in [0.3, 0.4) is 0 Å². The van der Waals surface area contributed by atoms with Crippen molar-refractivity contribution in [3.05, 3.63) is 81.6 Å². The Morgan fingerprint density at radius 3 is 2.35 bits per heavy atom. The van der Waals surface area contributed by atoms with Gasteiger partial charge in [0.2, 0.25) is 0 Å². The zero-order chi connectivity index (χ0) is 26.1. The Morgan fingerprint density at radius 2 is 1.73 bits per heavy atom. The third kappa shape index (κ3) is 4.74. The quantitative estimate of drug-likeness (QED) is 0.287. The topological polar surface area (TPSA) is 73.3 Å². The van der Waals surface area contributed by atoms with Crippen molar-refractivity contribution in [3.63, 3.8) is 0 Å². The number of carbonyl (C=O) groups excluding carboxylic acids is 2. The molecule has 2 aromatic carbocycles. The molecule has 1 amide bonds. The molecule has 1 unspecified atom stereocenters. The van der Waals surface area contributed by atoms with Crippen LogP contribution in [0, 0.1) is 6.92 Å². The minimum atomic E-state index is -0.707. The fourth-order valence-electron chi connectivity index (χ4n) is 4.97. The molecule has 2 aliphatic rings. The van der Waals surface area contributed by atoms with E-state index in [1.807, 2.05) is 55.6 Å². The van der Waals surface area contributed by atoms with Gasteiger partial charge in [0, 0.05) is 48.0 Å². The number of aliphatic hydroxyl groups is 1. The third-order valence-corrected chi connectivity index (χ3v) is 7.93. The van der Waals surface area contributed by atoms with Crippen molar-refractivity contribution >= 4 is 40.2 Å². The number of piperazine rings is 1. The predicted octanol–water partition coefficient (Wildman–Crippen LogP) is 4.83. The summed E-state index contributed by atoms with van der Waals surface area (Å²) in [6, 6.07) is 16.1. The van der Waals surface area contributed by atoms with Gasteiger partial charge in [-0.3, -0.25) is 14.5 Å². The Kier molecular flexibility index (Phi) is 7.04. The van der Waals surface area contributed by atoms with Crippen LogP contribution in [-0.2, 0) is 9.59 Å². The summed E-state index contributed by atoms with van der Waals surface area (Å²) in [4.78, 5) is 33.7. The van der Waals surface area contributed by atoms with Gasteiger partial charge in [-0.15, -0.1) is 11.3 Å². The molecule has 3 heterocycles. The van der Waals surface area contributed by atoms with Crippen LogP contribution in [0.1, 0.15) is 29.0 Å². The highest BCUT2D eigenvalue weighted by Crippen LogP contribution is 2.44. The monoisotopic (exact) mass is 517 g/mol. The fourth-order valence-corrected chi connectivity index (χ4v) is 5.80. The number of aliphatic hydroxyl groups excluding tert-OH is 1. The molecule has 0 bridgehead atoms. The molecule has 1 atom stereocenters. The van der Waals surface area contributed by atoms with Crippen molar-refractivity contribution in [2.24, 2.45) is 0 Å². The average molecular weight is 518 g/mol. The molecule has 3 aromatic rings. The van der Waals surface area contributed by atoms with Gasteiger partial charge in [-0.25, -0.2) is 0 Å². The number of thiophene rings is 1. The number of hydrogen-bond donors (Lipinski definition) is 1. The van der Waals surface area contributed by atoms with Crippen LogP contribution in [0.4, 0.5) is 11.4 Å². The highest BCUT2D eigenvalue weighted by molar-refractivity contribution is 7.10. The van der Waals surface area contributed by atoms with Gasteiger partial charge in [-0.05, 0) is 80.4 Å². The molecular weight excluding hydrogens is 486 g/mol. The molecule has 0 radical (unpaired) electrons. The first kappa shape index (κ1) is 25.0. The van der Waals surface area contributed by atoms with Crippen LogP contribution >= 0.6 is 11.3 Å². The van der Waals surface area contributed by atoms with Crippen LogP contribution in [0.25, 0.3) is 5.76 Å². The zero-order valence-electron chi connectivity index (χ0n) is 21.3. The number of hydrogen-bond acceptors (Lipinski definition) is 7. The molecule has 0 aliphatic carbocycles. The lowest BCUT2D eigenvalue weighted by molar-refractivity contribution is -0.132. The Labute approximate surface area is 221 Å². The molecule has 37 heavy (non-hydrogen) atoms. The number of ketones is 1. The number of ether oxygens (including phenoxy) is 1. The first-order chi connectivity index (χ1) is 17.9. The van der Waals surface area contributed by atoms with Crippen LogP contribution < -0.4 is 14.5 Å². The number of anilines is 2. The standard InChI is InChI=1S/C29H31N3O4S/c1-4-36-23-12-7-20(18-19(23)2)27(33)25-26(24-6-5-17-37-24)32(29(35)28(25)34)22-10-8-21(9-11-22)31-15-13-30(3)14-16-31/h5-12,17-18,26,33H,4,13-16H2,1-3H3/b27-25-. The molecule has 2 saturated heterocycles. The summed E-state index contributed by atoms with van der Waals surface area (Å²) >= 11 is 1.45. The molecule has 5 rings (SSSR count). The highest BCUT2D eigenvalue weighted by atomic mass is 32.1. The number of aryl methyl sites for hydroxylation is 1. The Balaban J connectivity index is 1.53. The zero-order valence-corrected chi connectivity index (χ0v) is 22.1. The second-order valence-electron chi connectivity index (χ2n) is 9.40. The van der Waals surface area contributed by atoms with Gasteiger partial charge in [0.1, 0.15) is 17.6 Å². The normalized spacial score (nSPS) is 20.0. The molecule has 1 aromatic heterocycles. The van der Waals surface area contributed by atoms with E-state index in [0.29, 0.717) is 17.9 Å². The van der Waals surface area contributed by atoms with E-state index in [1.165, 1.54) is 16.2 Å². The van der Waals surface area contributed by atoms with Gasteiger partial charge in [0.25, 0.3) is 11.7 Å². The largest absolute Gasteiger partial charge is 0.507 e. The van der Waals surface area contributed by atoms with Crippen LogP contribution in [0.5, 0.6) is 5.75 Å². The van der Waals surface area contributed by atoms with Crippen LogP contribution in [-0.4, -0.2) is 61.5 Å². The second-order valence-corrected chi connectivity index (χ2v) is 10.4. The maximum atomic E-state index is 13.4. The smallest absolute Gasteiger partial charge is 0.300 e. The lowest BCUT2D eigenvalue weighted by atomic mass is 9.98. The predicted molar refractivity (Wildman–Crippen MR) is 148 cm³/mol. The number of carbonyl (C=O) groups is 2. The minimum Gasteiger partial charge on any atom is -0.507 e. The van der Waals surface area contributed by atoms with Crippen molar-refractivity contribution < 1.29 is 19.4 Å². The van der Waals surface area contributed by atoms with Crippen LogP contribution in [0.2, 0.25) is 0 Å². The van der Waals surface area contributed by atoms with Gasteiger partial charge in [-0.2, -0.15) is 0 Å². The fraction of sp³-hybridized carbons (Fsp3) is 0.310. The third-order valence-electron chi connectivity index (χ3n) is 7.00. The van der Waals surface area contributed by atoms with Gasteiger partial charge in [0.05, 0.1) is 12.2 Å². The number of amides is 1. The molecule has 8 heteroatoms. The first-order valence-corrected chi connectivity index (χ1v) is 13.4. The van der Waals surface area contributed by atoms with E-state index in [1.54, 1.807) is 18.2 Å². The summed E-state index contributed by atoms with van der Waals surface area (Å²) in [5, 5.41) is 13.3. The number of nitrogens with zero attached hydrogens (tertiary/aromatic N) is 3. The minimum absolute atomic E-state index is 0.0964. The molecule has 0 saturated carbocycles. The van der Waals surface area contributed by atoms with Gasteiger partial charge in [0.15, 0.2) is 0 Å². The summed E-state index contributed by atoms with van der Waals surface area (Å²) < 4.78 is 5.62. The van der Waals surface area contributed by atoms with Crippen molar-refractivity contribution in [3.8, 4) is 5.75 Å². The lowest BCUT2D eigenvalue weighted by Crippen LogP contribution is -2.44. The van der Waals surface area contributed by atoms with E-state index >= 15 is 0 Å². The first-order valence-electron chi connectivity index (χ1n) is 12.5. The van der Waals surface area contributed by atoms with E-state index in [0.717, 1.165) is 48.1 Å². The summed E-state index contributed by atoms with van der Waals surface area (Å²) in [7, 11) is 2.12. The summed E-state index contributed by atoms with van der Waals surface area (Å²) in [6.07, 6.45) is 0. The van der Waals surface area contributed by atoms with E-state index < -0.39 is 17.7 Å². The van der Waals surface area contributed by atoms with E-state index in [9.17, 15) is 14.7 Å². The van der Waals surface area contributed by atoms with E-state index in [4.69, 9.17) is 4.74 Å². The number of rotatable bonds is 6. The maximum absolute atomic E-state index is 13.4. The summed E-state index contributed by atoms with van der Waals surface area (Å²) in [6.45, 7) is 8.21. The van der Waals surface area contributed by atoms with Crippen molar-refractivity contribution in [1.82, 2.24) is 4.90 Å². The average Bonchev–Trinajstić information content (AvgIpc) is 3.52.